The van der Waals surface area contributed by atoms with Crippen LogP contribution in [-0.4, -0.2) is 76.7 Å². The maximum absolute atomic E-state index is 13.6. The Kier molecular flexibility index (Phi) is 8.15. The Morgan fingerprint density at radius 3 is 2.84 bits per heavy atom. The van der Waals surface area contributed by atoms with E-state index in [9.17, 15) is 9.59 Å². The molecule has 0 spiro atoms. The smallest absolute Gasteiger partial charge is 0.254 e. The number of carbonyl (C=O) groups is 2. The third-order valence-electron chi connectivity index (χ3n) is 7.96. The van der Waals surface area contributed by atoms with Gasteiger partial charge in [0.05, 0.1) is 37.8 Å². The fraction of sp³-hybridized carbons (Fsp3) is 0.375. The third-order valence-corrected chi connectivity index (χ3v) is 7.96. The van der Waals surface area contributed by atoms with Gasteiger partial charge in [0.15, 0.2) is 11.5 Å². The van der Waals surface area contributed by atoms with Crippen LogP contribution in [0.5, 0.6) is 17.2 Å². The number of hydrogen-bond acceptors (Lipinski definition) is 8. The van der Waals surface area contributed by atoms with Crippen LogP contribution in [0, 0.1) is 0 Å². The summed E-state index contributed by atoms with van der Waals surface area (Å²) in [5.74, 6) is 1.89. The number of amides is 2. The molecule has 2 aromatic heterocycles. The number of fused-ring (bicyclic) bond motifs is 6. The first-order chi connectivity index (χ1) is 20.9. The number of aryl methyl sites for hydroxylation is 1. The lowest BCUT2D eigenvalue weighted by molar-refractivity contribution is -0.124. The molecule has 2 amide bonds. The first kappa shape index (κ1) is 28.5. The molecule has 4 bridgehead atoms. The summed E-state index contributed by atoms with van der Waals surface area (Å²) in [5.41, 5.74) is 2.20. The summed E-state index contributed by atoms with van der Waals surface area (Å²) in [4.78, 5) is 39.8. The first-order valence-electron chi connectivity index (χ1n) is 14.6. The van der Waals surface area contributed by atoms with Crippen molar-refractivity contribution in [2.24, 2.45) is 7.05 Å². The van der Waals surface area contributed by atoms with E-state index in [0.29, 0.717) is 61.9 Å². The van der Waals surface area contributed by atoms with E-state index >= 15 is 0 Å². The van der Waals surface area contributed by atoms with Gasteiger partial charge in [-0.1, -0.05) is 19.1 Å². The van der Waals surface area contributed by atoms with E-state index in [2.05, 4.69) is 20.2 Å². The topological polar surface area (TPSA) is 111 Å². The van der Waals surface area contributed by atoms with Crippen LogP contribution >= 0.6 is 0 Å². The number of ether oxygens (including phenoxy) is 3. The van der Waals surface area contributed by atoms with Gasteiger partial charge in [0, 0.05) is 38.4 Å². The molecular weight excluding hydrogens is 548 g/mol. The zero-order chi connectivity index (χ0) is 29.9. The Balaban J connectivity index is 1.33. The lowest BCUT2D eigenvalue weighted by atomic mass is 10.0. The Labute approximate surface area is 250 Å². The number of benzene rings is 2. The normalized spacial score (nSPS) is 19.5. The van der Waals surface area contributed by atoms with Crippen molar-refractivity contribution in [1.82, 2.24) is 24.8 Å². The molecule has 6 rings (SSSR count). The van der Waals surface area contributed by atoms with E-state index < -0.39 is 0 Å². The minimum absolute atomic E-state index is 0.0581. The SMILES string of the molecule is CCCN1CC(=O)N[C@H]2CCN(c3ncnc4c3ccn4C)C[C@@H]2OCc2cccc(c2)Oc2cc(ccc2OC)C1=O. The van der Waals surface area contributed by atoms with Crippen molar-refractivity contribution in [3.63, 3.8) is 0 Å². The molecular formula is C32H36N6O5. The molecule has 2 atom stereocenters. The molecule has 11 heteroatoms. The molecule has 0 radical (unpaired) electrons. The molecule has 1 fully saturated rings. The van der Waals surface area contributed by atoms with Crippen LogP contribution in [-0.2, 0) is 23.2 Å². The lowest BCUT2D eigenvalue weighted by Gasteiger charge is -2.39. The summed E-state index contributed by atoms with van der Waals surface area (Å²) < 4.78 is 20.2. The van der Waals surface area contributed by atoms with Gasteiger partial charge in [-0.15, -0.1) is 0 Å². The Morgan fingerprint density at radius 2 is 2.00 bits per heavy atom. The highest BCUT2D eigenvalue weighted by molar-refractivity contribution is 5.97. The van der Waals surface area contributed by atoms with E-state index in [4.69, 9.17) is 14.2 Å². The second-order valence-corrected chi connectivity index (χ2v) is 11.0. The highest BCUT2D eigenvalue weighted by Crippen LogP contribution is 2.34. The van der Waals surface area contributed by atoms with Crippen LogP contribution in [0.4, 0.5) is 5.82 Å². The zero-order valence-corrected chi connectivity index (χ0v) is 24.7. The van der Waals surface area contributed by atoms with E-state index in [-0.39, 0.29) is 30.5 Å². The van der Waals surface area contributed by atoms with E-state index in [1.807, 2.05) is 55.1 Å². The van der Waals surface area contributed by atoms with Gasteiger partial charge in [0.2, 0.25) is 5.91 Å². The summed E-state index contributed by atoms with van der Waals surface area (Å²) in [6.45, 7) is 3.90. The van der Waals surface area contributed by atoms with Crippen LogP contribution in [0.1, 0.15) is 35.7 Å². The van der Waals surface area contributed by atoms with Crippen LogP contribution in [0.2, 0.25) is 0 Å². The molecule has 4 aromatic rings. The molecule has 11 nitrogen and oxygen atoms in total. The molecule has 0 unspecified atom stereocenters. The zero-order valence-electron chi connectivity index (χ0n) is 24.7. The average molecular weight is 585 g/mol. The van der Waals surface area contributed by atoms with Gasteiger partial charge >= 0.3 is 0 Å². The number of nitrogens with one attached hydrogen (secondary N) is 1. The Hall–Kier alpha value is -4.64. The number of rotatable bonds is 4. The predicted octanol–water partition coefficient (Wildman–Crippen LogP) is 3.92. The van der Waals surface area contributed by atoms with Gasteiger partial charge in [-0.3, -0.25) is 9.59 Å². The number of anilines is 1. The van der Waals surface area contributed by atoms with Crippen molar-refractivity contribution in [2.75, 3.05) is 38.2 Å². The molecule has 0 saturated carbocycles. The van der Waals surface area contributed by atoms with Crippen LogP contribution < -0.4 is 19.7 Å². The van der Waals surface area contributed by atoms with E-state index in [0.717, 1.165) is 22.4 Å². The van der Waals surface area contributed by atoms with E-state index in [1.165, 1.54) is 0 Å². The molecule has 224 valence electrons. The summed E-state index contributed by atoms with van der Waals surface area (Å²) >= 11 is 0. The molecule has 2 aliphatic heterocycles. The predicted molar refractivity (Wildman–Crippen MR) is 162 cm³/mol. The average Bonchev–Trinajstić information content (AvgIpc) is 3.40. The largest absolute Gasteiger partial charge is 0.493 e. The highest BCUT2D eigenvalue weighted by atomic mass is 16.5. The number of carbonyl (C=O) groups excluding carboxylic acids is 2. The van der Waals surface area contributed by atoms with Crippen molar-refractivity contribution in [3.8, 4) is 17.2 Å². The van der Waals surface area contributed by atoms with Crippen molar-refractivity contribution in [2.45, 2.75) is 38.5 Å². The maximum Gasteiger partial charge on any atom is 0.254 e. The molecule has 2 aromatic carbocycles. The molecule has 2 aliphatic rings. The van der Waals surface area contributed by atoms with Gasteiger partial charge in [0.25, 0.3) is 5.91 Å². The summed E-state index contributed by atoms with van der Waals surface area (Å²) in [6, 6.07) is 14.5. The second kappa shape index (κ2) is 12.3. The second-order valence-electron chi connectivity index (χ2n) is 11.0. The van der Waals surface area contributed by atoms with Gasteiger partial charge in [-0.05, 0) is 54.8 Å². The van der Waals surface area contributed by atoms with Crippen LogP contribution in [0.15, 0.2) is 61.1 Å². The molecule has 1 N–H and O–H groups in total. The van der Waals surface area contributed by atoms with Crippen LogP contribution in [0.3, 0.4) is 0 Å². The minimum atomic E-state index is -0.327. The highest BCUT2D eigenvalue weighted by Gasteiger charge is 2.33. The van der Waals surface area contributed by atoms with Crippen LogP contribution in [0.25, 0.3) is 11.0 Å². The maximum atomic E-state index is 13.6. The fourth-order valence-electron chi connectivity index (χ4n) is 5.81. The first-order valence-corrected chi connectivity index (χ1v) is 14.6. The molecule has 1 saturated heterocycles. The monoisotopic (exact) mass is 584 g/mol. The number of nitrogens with zero attached hydrogens (tertiary/aromatic N) is 5. The number of methoxy groups -OCH3 is 1. The summed E-state index contributed by atoms with van der Waals surface area (Å²) in [6.07, 6.45) is 4.60. The number of hydrogen-bond donors (Lipinski definition) is 1. The van der Waals surface area contributed by atoms with Crippen molar-refractivity contribution < 1.29 is 23.8 Å². The van der Waals surface area contributed by atoms with Crippen molar-refractivity contribution >= 4 is 28.7 Å². The van der Waals surface area contributed by atoms with Crippen molar-refractivity contribution in [1.29, 1.82) is 0 Å². The van der Waals surface area contributed by atoms with Gasteiger partial charge in [-0.2, -0.15) is 0 Å². The Bertz CT molecular complexity index is 1640. The molecule has 43 heavy (non-hydrogen) atoms. The standard InChI is InChI=1S/C32H36N6O5/c1-4-12-38-18-29(39)35-25-11-14-37(31-24-10-13-36(2)30(24)33-20-34-31)17-28(25)42-19-21-6-5-7-23(15-21)43-27-16-22(32(38)40)8-9-26(27)41-3/h5-10,13,15-16,20,25,28H,4,11-12,14,17-19H2,1-3H3,(H,35,39)/t25-,28-/m0/s1. The van der Waals surface area contributed by atoms with Gasteiger partial charge < -0.3 is 33.9 Å². The number of piperidine rings is 1. The van der Waals surface area contributed by atoms with Gasteiger partial charge in [-0.25, -0.2) is 9.97 Å². The lowest BCUT2D eigenvalue weighted by Crippen LogP contribution is -2.56. The third kappa shape index (κ3) is 5.98. The quantitative estimate of drug-likeness (QED) is 0.385. The summed E-state index contributed by atoms with van der Waals surface area (Å²) in [7, 11) is 3.52. The summed E-state index contributed by atoms with van der Waals surface area (Å²) in [5, 5.41) is 4.16. The number of aromatic nitrogens is 3. The fourth-order valence-corrected chi connectivity index (χ4v) is 5.81. The van der Waals surface area contributed by atoms with Gasteiger partial charge in [0.1, 0.15) is 23.5 Å². The minimum Gasteiger partial charge on any atom is -0.493 e. The Morgan fingerprint density at radius 1 is 1.12 bits per heavy atom. The molecule has 0 aliphatic carbocycles. The van der Waals surface area contributed by atoms with E-state index in [1.54, 1.807) is 36.5 Å². The molecule has 4 heterocycles. The van der Waals surface area contributed by atoms with Crippen molar-refractivity contribution in [3.05, 3.63) is 72.2 Å².